The number of hydrogen-bond acceptors (Lipinski definition) is 17. The Morgan fingerprint density at radius 3 is 2.24 bits per heavy atom. The van der Waals surface area contributed by atoms with Crippen molar-refractivity contribution in [3.8, 4) is 0 Å². The van der Waals surface area contributed by atoms with Crippen LogP contribution in [0.5, 0.6) is 0 Å². The number of rotatable bonds is 11. The average Bonchev–Trinajstić information content (AvgIpc) is 3.31. The van der Waals surface area contributed by atoms with Crippen LogP contribution >= 0.6 is 34.8 Å². The first kappa shape index (κ1) is 46.0. The molecule has 2 aromatic heterocycles. The predicted octanol–water partition coefficient (Wildman–Crippen LogP) is -13.9. The van der Waals surface area contributed by atoms with Crippen LogP contribution in [0, 0.1) is 0 Å². The van der Waals surface area contributed by atoms with Crippen molar-refractivity contribution in [2.45, 2.75) is 48.4 Å². The van der Waals surface area contributed by atoms with Gasteiger partial charge in [0.05, 0.1) is 12.9 Å². The molecule has 0 bridgehead atoms. The van der Waals surface area contributed by atoms with E-state index in [2.05, 4.69) is 23.8 Å². The van der Waals surface area contributed by atoms with Crippen LogP contribution in [0.25, 0.3) is 11.2 Å². The van der Waals surface area contributed by atoms with Crippen molar-refractivity contribution in [3.63, 3.8) is 0 Å². The first-order valence-corrected chi connectivity index (χ1v) is 15.5. The number of ether oxygens (including phenoxy) is 1. The second-order valence-corrected chi connectivity index (χ2v) is 13.8. The molecule has 1 aliphatic rings. The van der Waals surface area contributed by atoms with Crippen LogP contribution in [-0.4, -0.2) is 65.8 Å². The normalized spacial score (nSPS) is 23.7. The van der Waals surface area contributed by atoms with E-state index in [1.165, 1.54) is 11.8 Å². The molecule has 0 amide bonds. The fourth-order valence-electron chi connectivity index (χ4n) is 2.98. The summed E-state index contributed by atoms with van der Waals surface area (Å²) in [4.78, 5) is 56.5. The number of phosphoric acid groups is 1. The van der Waals surface area contributed by atoms with Gasteiger partial charge in [0.15, 0.2) is 22.8 Å². The van der Waals surface area contributed by atoms with Gasteiger partial charge < -0.3 is 53.9 Å². The number of nitrogens with two attached hydrogens (primary N) is 1. The van der Waals surface area contributed by atoms with Gasteiger partial charge in [0, 0.05) is 13.3 Å². The van der Waals surface area contributed by atoms with Crippen LogP contribution < -0.4 is 144 Å². The molecule has 3 heterocycles. The van der Waals surface area contributed by atoms with Crippen molar-refractivity contribution in [2.75, 3.05) is 18.1 Å². The number of nitrogen functional groups attached to an aromatic ring is 1. The number of imidazole rings is 1. The summed E-state index contributed by atoms with van der Waals surface area (Å²) in [5, 5.41) is 14.8. The SMILES string of the molecule is CCCSc1nc(N)c2ncn([C@@H]3O[C@H](COP(=O)([O-])OP(=O)([O-])C(F)(F)P(=O)([O-])[O-])[C@@H](O)[C@@H]3O)c2n1.[Na+].[Na+].[Na+].[Na+]. The molecule has 4 N–H and O–H groups in total. The number of aliphatic hydroxyl groups is 2. The number of thioether (sulfide) groups is 1. The third-order valence-electron chi connectivity index (χ3n) is 4.74. The maximum absolute atomic E-state index is 13.3. The van der Waals surface area contributed by atoms with Gasteiger partial charge in [-0.05, 0) is 6.42 Å². The van der Waals surface area contributed by atoms with E-state index in [1.807, 2.05) is 6.92 Å². The van der Waals surface area contributed by atoms with E-state index in [0.29, 0.717) is 5.75 Å². The monoisotopic (exact) mass is 703 g/mol. The number of phosphoric ester groups is 1. The number of anilines is 1. The van der Waals surface area contributed by atoms with Crippen LogP contribution in [0.3, 0.4) is 0 Å². The summed E-state index contributed by atoms with van der Waals surface area (Å²) in [5.74, 6) is 0.653. The van der Waals surface area contributed by atoms with Gasteiger partial charge in [-0.15, -0.1) is 0 Å². The molecular weight excluding hydrogens is 685 g/mol. The van der Waals surface area contributed by atoms with Gasteiger partial charge in [-0.3, -0.25) is 13.4 Å². The molecule has 0 saturated carbocycles. The van der Waals surface area contributed by atoms with Crippen molar-refractivity contribution in [3.05, 3.63) is 6.33 Å². The fourth-order valence-corrected chi connectivity index (χ4v) is 7.17. The van der Waals surface area contributed by atoms with Gasteiger partial charge in [0.1, 0.15) is 23.8 Å². The summed E-state index contributed by atoms with van der Waals surface area (Å²) >= 11 is 1.27. The van der Waals surface area contributed by atoms with E-state index >= 15 is 0 Å². The van der Waals surface area contributed by atoms with E-state index < -0.39 is 59.6 Å². The van der Waals surface area contributed by atoms with Crippen LogP contribution in [-0.2, 0) is 27.3 Å². The number of aliphatic hydroxyl groups excluding tert-OH is 2. The second-order valence-electron chi connectivity index (χ2n) is 7.44. The summed E-state index contributed by atoms with van der Waals surface area (Å²) in [6.07, 6.45) is -4.88. The molecule has 0 aliphatic carbocycles. The minimum absolute atomic E-state index is 0. The molecule has 1 fully saturated rings. The van der Waals surface area contributed by atoms with Crippen LogP contribution in [0.1, 0.15) is 19.6 Å². The number of alkyl halides is 2. The molecule has 0 radical (unpaired) electrons. The molecule has 27 heteroatoms. The maximum atomic E-state index is 13.3. The van der Waals surface area contributed by atoms with Gasteiger partial charge in [0.2, 0.25) is 7.60 Å². The van der Waals surface area contributed by atoms with E-state index in [-0.39, 0.29) is 140 Å². The molecule has 41 heavy (non-hydrogen) atoms. The number of aromatic nitrogens is 4. The molecule has 0 spiro atoms. The Morgan fingerprint density at radius 1 is 1.12 bits per heavy atom. The first-order chi connectivity index (χ1) is 16.9. The van der Waals surface area contributed by atoms with E-state index in [4.69, 9.17) is 10.5 Å². The molecule has 2 unspecified atom stereocenters. The summed E-state index contributed by atoms with van der Waals surface area (Å²) < 4.78 is 74.1. The Bertz CT molecular complexity index is 1320. The minimum atomic E-state index is -7.19. The van der Waals surface area contributed by atoms with Crippen LogP contribution in [0.15, 0.2) is 11.5 Å². The quantitative estimate of drug-likeness (QED) is 0.0848. The van der Waals surface area contributed by atoms with E-state index in [1.54, 1.807) is 0 Å². The zero-order valence-corrected chi connectivity index (χ0v) is 33.9. The summed E-state index contributed by atoms with van der Waals surface area (Å²) in [6, 6.07) is 0. The molecule has 6 atom stereocenters. The van der Waals surface area contributed by atoms with Gasteiger partial charge >= 0.3 is 124 Å². The zero-order valence-electron chi connectivity index (χ0n) is 22.4. The summed E-state index contributed by atoms with van der Waals surface area (Å²) in [7, 11) is -20.6. The Hall–Kier alpha value is 2.89. The van der Waals surface area contributed by atoms with Crippen molar-refractivity contribution < 1.29 is 184 Å². The molecule has 1 saturated heterocycles. The number of fused-ring (bicyclic) bond motifs is 1. The van der Waals surface area contributed by atoms with Crippen molar-refractivity contribution in [2.24, 2.45) is 0 Å². The standard InChI is InChI=1S/C14H22F2N5O12P3S.4Na/c1-2-3-37-13-19-10(17)7-11(20-13)21(5-18-7)12-9(23)8(22)6(32-12)4-31-36(29,30)33-35(27,28)14(15,16)34(24,25)26;;;;/h5-6,8-9,12,22-23H,2-4H2,1H3,(H,27,28)(H,29,30)(H2,17,19,20)(H2,24,25,26);;;;/q;4*+1/p-4/t6-,8-,9+,12-;;;;/m1..../s1. The number of halogens is 2. The molecule has 3 rings (SSSR count). The summed E-state index contributed by atoms with van der Waals surface area (Å²) in [5.41, 5.74) is 6.08. The Kier molecular flexibility index (Phi) is 20.1. The zero-order chi connectivity index (χ0) is 28.0. The molecule has 0 aromatic carbocycles. The fraction of sp³-hybridized carbons (Fsp3) is 0.643. The van der Waals surface area contributed by atoms with Crippen LogP contribution in [0.4, 0.5) is 14.6 Å². The number of nitrogens with zero attached hydrogens (tertiary/aromatic N) is 4. The Labute approximate surface area is 323 Å². The molecule has 1 aliphatic heterocycles. The molecule has 2 aromatic rings. The van der Waals surface area contributed by atoms with Crippen LogP contribution in [0.2, 0.25) is 0 Å². The van der Waals surface area contributed by atoms with Crippen molar-refractivity contribution >= 4 is 51.8 Å². The third-order valence-corrected chi connectivity index (χ3v) is 10.7. The number of hydrogen-bond donors (Lipinski definition) is 3. The first-order valence-electron chi connectivity index (χ1n) is 9.94. The topological polar surface area (TPSA) is 281 Å². The van der Waals surface area contributed by atoms with Gasteiger partial charge in [-0.1, -0.05) is 18.7 Å². The minimum Gasteiger partial charge on any atom is -0.806 e. The molecule has 17 nitrogen and oxygen atoms in total. The molecule has 210 valence electrons. The van der Waals surface area contributed by atoms with E-state index in [9.17, 15) is 52.3 Å². The van der Waals surface area contributed by atoms with Gasteiger partial charge in [0.25, 0.3) is 7.82 Å². The Morgan fingerprint density at radius 2 is 1.71 bits per heavy atom. The van der Waals surface area contributed by atoms with Gasteiger partial charge in [-0.2, -0.15) is 8.78 Å². The van der Waals surface area contributed by atoms with Crippen molar-refractivity contribution in [1.29, 1.82) is 0 Å². The predicted molar refractivity (Wildman–Crippen MR) is 111 cm³/mol. The summed E-state index contributed by atoms with van der Waals surface area (Å²) in [6.45, 7) is 0.638. The van der Waals surface area contributed by atoms with Crippen molar-refractivity contribution in [1.82, 2.24) is 19.5 Å². The molecular formula is C14H18F2N5Na4O12P3S. The smallest absolute Gasteiger partial charge is 0.806 e. The van der Waals surface area contributed by atoms with E-state index in [0.717, 1.165) is 17.3 Å². The average molecular weight is 703 g/mol. The third kappa shape index (κ3) is 10.7. The largest absolute Gasteiger partial charge is 1.00 e. The second kappa shape index (κ2) is 17.9. The maximum Gasteiger partial charge on any atom is 1.00 e. The van der Waals surface area contributed by atoms with Gasteiger partial charge in [-0.25, -0.2) is 15.0 Å². The Balaban J connectivity index is 0.